The van der Waals surface area contributed by atoms with Crippen molar-refractivity contribution < 1.29 is 4.74 Å². The van der Waals surface area contributed by atoms with Crippen LogP contribution in [0.3, 0.4) is 0 Å². The van der Waals surface area contributed by atoms with E-state index < -0.39 is 0 Å². The molecule has 0 aromatic carbocycles. The van der Waals surface area contributed by atoms with Gasteiger partial charge in [-0.05, 0) is 38.6 Å². The predicted octanol–water partition coefficient (Wildman–Crippen LogP) is 3.18. The molecule has 3 rings (SSSR count). The highest BCUT2D eigenvalue weighted by atomic mass is 35.5. The van der Waals surface area contributed by atoms with E-state index in [0.717, 1.165) is 19.5 Å². The van der Waals surface area contributed by atoms with Gasteiger partial charge in [-0.3, -0.25) is 4.90 Å². The highest BCUT2D eigenvalue weighted by molar-refractivity contribution is 6.20. The van der Waals surface area contributed by atoms with Crippen molar-refractivity contribution in [2.75, 3.05) is 19.6 Å². The maximum atomic E-state index is 6.40. The van der Waals surface area contributed by atoms with E-state index in [1.54, 1.807) is 0 Å². The second-order valence-electron chi connectivity index (χ2n) is 6.17. The van der Waals surface area contributed by atoms with Crippen LogP contribution < -0.4 is 0 Å². The molecule has 0 aromatic rings. The molecule has 2 atom stereocenters. The van der Waals surface area contributed by atoms with Crippen LogP contribution in [0.25, 0.3) is 0 Å². The average Bonchev–Trinajstić information content (AvgIpc) is 2.89. The standard InChI is InChI=1S/C14H24ClNO/c15-12-5-9-16(10-12)11-13-4-8-14(17-13)6-2-1-3-7-14/h12-13H,1-11H2. The van der Waals surface area contributed by atoms with Crippen LogP contribution >= 0.6 is 11.6 Å². The van der Waals surface area contributed by atoms with E-state index in [1.807, 2.05) is 0 Å². The zero-order valence-electron chi connectivity index (χ0n) is 10.7. The third-order valence-electron chi connectivity index (χ3n) is 4.78. The summed E-state index contributed by atoms with van der Waals surface area (Å²) in [6, 6.07) is 0. The van der Waals surface area contributed by atoms with E-state index in [9.17, 15) is 0 Å². The maximum Gasteiger partial charge on any atom is 0.0710 e. The Morgan fingerprint density at radius 3 is 2.65 bits per heavy atom. The average molecular weight is 258 g/mol. The van der Waals surface area contributed by atoms with Crippen LogP contribution in [0.4, 0.5) is 0 Å². The summed E-state index contributed by atoms with van der Waals surface area (Å²) in [5.74, 6) is 0. The number of rotatable bonds is 2. The Labute approximate surface area is 110 Å². The van der Waals surface area contributed by atoms with Crippen LogP contribution in [0.2, 0.25) is 0 Å². The SMILES string of the molecule is ClC1CCN(CC2CCC3(CCCCC3)O2)C1. The molecule has 3 aliphatic rings. The van der Waals surface area contributed by atoms with Crippen molar-refractivity contribution in [3.63, 3.8) is 0 Å². The van der Waals surface area contributed by atoms with Crippen molar-refractivity contribution in [2.24, 2.45) is 0 Å². The lowest BCUT2D eigenvalue weighted by Crippen LogP contribution is -2.35. The molecule has 0 aromatic heterocycles. The van der Waals surface area contributed by atoms with Crippen LogP contribution in [0.1, 0.15) is 51.4 Å². The fourth-order valence-electron chi connectivity index (χ4n) is 3.83. The van der Waals surface area contributed by atoms with Gasteiger partial charge < -0.3 is 4.74 Å². The molecule has 1 spiro atoms. The third-order valence-corrected chi connectivity index (χ3v) is 5.14. The van der Waals surface area contributed by atoms with Gasteiger partial charge in [-0.15, -0.1) is 11.6 Å². The number of alkyl halides is 1. The molecule has 17 heavy (non-hydrogen) atoms. The van der Waals surface area contributed by atoms with E-state index in [2.05, 4.69) is 4.90 Å². The van der Waals surface area contributed by atoms with Crippen molar-refractivity contribution in [3.8, 4) is 0 Å². The molecular formula is C14H24ClNO. The summed E-state index contributed by atoms with van der Waals surface area (Å²) in [5, 5.41) is 0.375. The van der Waals surface area contributed by atoms with Gasteiger partial charge in [0.15, 0.2) is 0 Å². The molecular weight excluding hydrogens is 234 g/mol. The molecule has 1 saturated carbocycles. The predicted molar refractivity (Wildman–Crippen MR) is 70.6 cm³/mol. The minimum Gasteiger partial charge on any atom is -0.370 e. The topological polar surface area (TPSA) is 12.5 Å². The Morgan fingerprint density at radius 1 is 1.12 bits per heavy atom. The second-order valence-corrected chi connectivity index (χ2v) is 6.78. The molecule has 2 nitrogen and oxygen atoms in total. The van der Waals surface area contributed by atoms with Crippen molar-refractivity contribution in [1.29, 1.82) is 0 Å². The van der Waals surface area contributed by atoms with Gasteiger partial charge in [-0.2, -0.15) is 0 Å². The van der Waals surface area contributed by atoms with Crippen LogP contribution in [0, 0.1) is 0 Å². The van der Waals surface area contributed by atoms with Crippen LogP contribution in [-0.2, 0) is 4.74 Å². The molecule has 1 aliphatic carbocycles. The lowest BCUT2D eigenvalue weighted by Gasteiger charge is -2.34. The summed E-state index contributed by atoms with van der Waals surface area (Å²) < 4.78 is 6.40. The lowest BCUT2D eigenvalue weighted by atomic mass is 9.83. The third kappa shape index (κ3) is 2.80. The number of hydrogen-bond acceptors (Lipinski definition) is 2. The van der Waals surface area contributed by atoms with Gasteiger partial charge in [0.05, 0.1) is 11.7 Å². The number of nitrogens with zero attached hydrogens (tertiary/aromatic N) is 1. The summed E-state index contributed by atoms with van der Waals surface area (Å²) in [7, 11) is 0. The molecule has 0 N–H and O–H groups in total. The summed E-state index contributed by atoms with van der Waals surface area (Å²) in [6.07, 6.45) is 11.0. The molecule has 3 fully saturated rings. The summed E-state index contributed by atoms with van der Waals surface area (Å²) in [6.45, 7) is 3.35. The van der Waals surface area contributed by atoms with Crippen molar-refractivity contribution in [2.45, 2.75) is 68.4 Å². The highest BCUT2D eigenvalue weighted by Crippen LogP contribution is 2.42. The Balaban J connectivity index is 1.50. The first-order valence-corrected chi connectivity index (χ1v) is 7.74. The van der Waals surface area contributed by atoms with Gasteiger partial charge in [0, 0.05) is 18.5 Å². The fourth-order valence-corrected chi connectivity index (χ4v) is 4.12. The first kappa shape index (κ1) is 12.3. The maximum absolute atomic E-state index is 6.40. The molecule has 0 radical (unpaired) electrons. The van der Waals surface area contributed by atoms with Crippen molar-refractivity contribution in [3.05, 3.63) is 0 Å². The quantitative estimate of drug-likeness (QED) is 0.705. The van der Waals surface area contributed by atoms with E-state index in [0.29, 0.717) is 11.5 Å². The van der Waals surface area contributed by atoms with Crippen molar-refractivity contribution in [1.82, 2.24) is 4.90 Å². The molecule has 0 amide bonds. The molecule has 98 valence electrons. The van der Waals surface area contributed by atoms with Gasteiger partial charge in [0.2, 0.25) is 0 Å². The van der Waals surface area contributed by atoms with Crippen molar-refractivity contribution >= 4 is 11.6 Å². The van der Waals surface area contributed by atoms with Gasteiger partial charge >= 0.3 is 0 Å². The Hall–Kier alpha value is 0.210. The molecule has 2 aliphatic heterocycles. The first-order chi connectivity index (χ1) is 8.26. The minimum absolute atomic E-state index is 0.281. The number of halogens is 1. The number of ether oxygens (including phenoxy) is 1. The largest absolute Gasteiger partial charge is 0.370 e. The van der Waals surface area contributed by atoms with Gasteiger partial charge in [-0.25, -0.2) is 0 Å². The first-order valence-electron chi connectivity index (χ1n) is 7.30. The monoisotopic (exact) mass is 257 g/mol. The van der Waals surface area contributed by atoms with Crippen LogP contribution in [0.5, 0.6) is 0 Å². The van der Waals surface area contributed by atoms with Gasteiger partial charge in [-0.1, -0.05) is 19.3 Å². The summed E-state index contributed by atoms with van der Waals surface area (Å²) in [5.41, 5.74) is 0.281. The van der Waals surface area contributed by atoms with E-state index in [4.69, 9.17) is 16.3 Å². The molecule has 2 unspecified atom stereocenters. The lowest BCUT2D eigenvalue weighted by molar-refractivity contribution is -0.0703. The van der Waals surface area contributed by atoms with E-state index in [1.165, 1.54) is 51.5 Å². The van der Waals surface area contributed by atoms with Gasteiger partial charge in [0.25, 0.3) is 0 Å². The van der Waals surface area contributed by atoms with Gasteiger partial charge in [0.1, 0.15) is 0 Å². The highest BCUT2D eigenvalue weighted by Gasteiger charge is 2.41. The molecule has 2 heterocycles. The molecule has 3 heteroatoms. The Morgan fingerprint density at radius 2 is 1.94 bits per heavy atom. The van der Waals surface area contributed by atoms with Crippen LogP contribution in [0.15, 0.2) is 0 Å². The number of hydrogen-bond donors (Lipinski definition) is 0. The summed E-state index contributed by atoms with van der Waals surface area (Å²) in [4.78, 5) is 2.49. The molecule has 0 bridgehead atoms. The Kier molecular flexibility index (Phi) is 3.65. The minimum atomic E-state index is 0.281. The van der Waals surface area contributed by atoms with E-state index in [-0.39, 0.29) is 5.60 Å². The fraction of sp³-hybridized carbons (Fsp3) is 1.00. The number of likely N-dealkylation sites (tertiary alicyclic amines) is 1. The second kappa shape index (κ2) is 5.07. The van der Waals surface area contributed by atoms with Crippen LogP contribution in [-0.4, -0.2) is 41.6 Å². The zero-order chi connectivity index (χ0) is 11.7. The Bertz CT molecular complexity index is 265. The smallest absolute Gasteiger partial charge is 0.0710 e. The normalized spacial score (nSPS) is 37.9. The van der Waals surface area contributed by atoms with E-state index >= 15 is 0 Å². The summed E-state index contributed by atoms with van der Waals surface area (Å²) >= 11 is 6.15. The molecule has 2 saturated heterocycles. The zero-order valence-corrected chi connectivity index (χ0v) is 11.4.